The minimum Gasteiger partial charge on any atom is -0.358 e. The Balaban J connectivity index is 2.22. The Bertz CT molecular complexity index is 536. The van der Waals surface area contributed by atoms with E-state index in [4.69, 9.17) is 0 Å². The highest BCUT2D eigenvalue weighted by Gasteiger charge is 2.18. The highest BCUT2D eigenvalue weighted by Crippen LogP contribution is 2.22. The lowest BCUT2D eigenvalue weighted by molar-refractivity contribution is -0.390. The van der Waals surface area contributed by atoms with Gasteiger partial charge < -0.3 is 10.1 Å². The number of nitro groups is 1. The van der Waals surface area contributed by atoms with E-state index in [1.807, 2.05) is 12.3 Å². The van der Waals surface area contributed by atoms with Gasteiger partial charge in [-0.1, -0.05) is 0 Å². The topological polar surface area (TPSA) is 73.8 Å². The van der Waals surface area contributed by atoms with Crippen molar-refractivity contribution in [3.8, 4) is 0 Å². The zero-order valence-electron chi connectivity index (χ0n) is 8.25. The third-order valence-electron chi connectivity index (χ3n) is 1.86. The van der Waals surface area contributed by atoms with Crippen LogP contribution in [-0.4, -0.2) is 19.7 Å². The molecular formula is C8H7BrN4O2S. The molecule has 0 N–H and O–H groups in total. The first kappa shape index (κ1) is 11.2. The second-order valence-corrected chi connectivity index (χ2v) is 5.03. The van der Waals surface area contributed by atoms with E-state index in [1.54, 1.807) is 17.5 Å². The van der Waals surface area contributed by atoms with E-state index in [0.717, 1.165) is 10.7 Å². The van der Waals surface area contributed by atoms with Crippen LogP contribution in [0.5, 0.6) is 0 Å². The Kier molecular flexibility index (Phi) is 3.01. The Hall–Kier alpha value is -1.28. The molecule has 0 amide bonds. The van der Waals surface area contributed by atoms with Gasteiger partial charge in [-0.2, -0.15) is 4.68 Å². The van der Waals surface area contributed by atoms with Crippen molar-refractivity contribution in [1.29, 1.82) is 0 Å². The third-order valence-corrected chi connectivity index (χ3v) is 3.24. The minimum atomic E-state index is -0.521. The second-order valence-electron chi connectivity index (χ2n) is 3.11. The highest BCUT2D eigenvalue weighted by atomic mass is 79.9. The number of nitrogens with zero attached hydrogens (tertiary/aromatic N) is 4. The maximum absolute atomic E-state index is 10.6. The molecule has 0 atom stereocenters. The van der Waals surface area contributed by atoms with E-state index in [9.17, 15) is 10.1 Å². The van der Waals surface area contributed by atoms with Gasteiger partial charge >= 0.3 is 5.82 Å². The van der Waals surface area contributed by atoms with E-state index in [0.29, 0.717) is 11.0 Å². The Morgan fingerprint density at radius 2 is 2.44 bits per heavy atom. The molecule has 16 heavy (non-hydrogen) atoms. The fourth-order valence-electron chi connectivity index (χ4n) is 1.24. The molecule has 0 unspecified atom stereocenters. The van der Waals surface area contributed by atoms with Crippen molar-refractivity contribution in [1.82, 2.24) is 14.8 Å². The molecule has 0 saturated carbocycles. The molecule has 6 nitrogen and oxygen atoms in total. The summed E-state index contributed by atoms with van der Waals surface area (Å²) in [6.07, 6.45) is 1.58. The highest BCUT2D eigenvalue weighted by molar-refractivity contribution is 9.10. The zero-order chi connectivity index (χ0) is 11.7. The first-order valence-corrected chi connectivity index (χ1v) is 6.02. The van der Waals surface area contributed by atoms with Gasteiger partial charge in [0.2, 0.25) is 0 Å². The van der Waals surface area contributed by atoms with E-state index in [1.165, 1.54) is 4.68 Å². The zero-order valence-corrected chi connectivity index (χ0v) is 10.7. The van der Waals surface area contributed by atoms with Gasteiger partial charge in [-0.25, -0.2) is 4.98 Å². The predicted molar refractivity (Wildman–Crippen MR) is 62.5 cm³/mol. The molecule has 8 heteroatoms. The quantitative estimate of drug-likeness (QED) is 0.644. The fourth-order valence-corrected chi connectivity index (χ4v) is 2.30. The lowest BCUT2D eigenvalue weighted by Crippen LogP contribution is -2.01. The molecule has 0 aliphatic heterocycles. The molecule has 0 aliphatic carbocycles. The van der Waals surface area contributed by atoms with Crippen molar-refractivity contribution in [2.45, 2.75) is 13.5 Å². The minimum absolute atomic E-state index is 0.174. The van der Waals surface area contributed by atoms with Crippen LogP contribution in [0.2, 0.25) is 0 Å². The summed E-state index contributed by atoms with van der Waals surface area (Å²) >= 11 is 4.64. The molecule has 2 heterocycles. The van der Waals surface area contributed by atoms with Crippen LogP contribution in [0.25, 0.3) is 0 Å². The van der Waals surface area contributed by atoms with Crippen LogP contribution < -0.4 is 0 Å². The van der Waals surface area contributed by atoms with Gasteiger partial charge in [-0.15, -0.1) is 11.3 Å². The average molecular weight is 303 g/mol. The first-order valence-electron chi connectivity index (χ1n) is 4.34. The maximum atomic E-state index is 10.6. The summed E-state index contributed by atoms with van der Waals surface area (Å²) < 4.78 is 1.88. The van der Waals surface area contributed by atoms with Gasteiger partial charge in [0, 0.05) is 5.38 Å². The van der Waals surface area contributed by atoms with Crippen molar-refractivity contribution >= 4 is 33.1 Å². The molecule has 84 valence electrons. The summed E-state index contributed by atoms with van der Waals surface area (Å²) in [5, 5.41) is 17.3. The number of halogens is 1. The number of hydrogen-bond acceptors (Lipinski definition) is 5. The van der Waals surface area contributed by atoms with Crippen molar-refractivity contribution in [2.75, 3.05) is 0 Å². The Morgan fingerprint density at radius 1 is 1.69 bits per heavy atom. The predicted octanol–water partition coefficient (Wildman–Crippen LogP) is 2.37. The lowest BCUT2D eigenvalue weighted by Gasteiger charge is -1.90. The van der Waals surface area contributed by atoms with Gasteiger partial charge in [-0.3, -0.25) is 0 Å². The van der Waals surface area contributed by atoms with E-state index < -0.39 is 4.92 Å². The second kappa shape index (κ2) is 4.30. The molecule has 0 saturated heterocycles. The molecule has 0 aliphatic rings. The molecule has 0 spiro atoms. The number of hydrogen-bond donors (Lipinski definition) is 0. The van der Waals surface area contributed by atoms with Crippen LogP contribution in [0.3, 0.4) is 0 Å². The number of aromatic nitrogens is 3. The molecule has 0 aromatic carbocycles. The van der Waals surface area contributed by atoms with Crippen LogP contribution in [-0.2, 0) is 6.54 Å². The smallest absolute Gasteiger partial charge is 0.358 e. The van der Waals surface area contributed by atoms with E-state index in [2.05, 4.69) is 26.0 Å². The molecular weight excluding hydrogens is 296 g/mol. The SMILES string of the molecule is Cc1nc(Cn2cc(Br)c([N+](=O)[O-])n2)cs1. The van der Waals surface area contributed by atoms with Gasteiger partial charge in [0.1, 0.15) is 11.0 Å². The molecule has 0 radical (unpaired) electrons. The summed E-state index contributed by atoms with van der Waals surface area (Å²) in [6, 6.07) is 0. The van der Waals surface area contributed by atoms with Crippen molar-refractivity contribution in [2.24, 2.45) is 0 Å². The molecule has 2 aromatic rings. The average Bonchev–Trinajstić information content (AvgIpc) is 2.73. The van der Waals surface area contributed by atoms with Crippen LogP contribution in [0.4, 0.5) is 5.82 Å². The van der Waals surface area contributed by atoms with Gasteiger partial charge in [-0.05, 0) is 27.8 Å². The Morgan fingerprint density at radius 3 is 2.94 bits per heavy atom. The van der Waals surface area contributed by atoms with Crippen LogP contribution >= 0.6 is 27.3 Å². The van der Waals surface area contributed by atoms with E-state index >= 15 is 0 Å². The third kappa shape index (κ3) is 2.27. The van der Waals surface area contributed by atoms with Gasteiger partial charge in [0.05, 0.1) is 22.0 Å². The van der Waals surface area contributed by atoms with E-state index in [-0.39, 0.29) is 5.82 Å². The Labute approximate surface area is 103 Å². The van der Waals surface area contributed by atoms with Crippen molar-refractivity contribution < 1.29 is 4.92 Å². The summed E-state index contributed by atoms with van der Waals surface area (Å²) in [4.78, 5) is 14.3. The summed E-state index contributed by atoms with van der Waals surface area (Å²) in [6.45, 7) is 2.35. The van der Waals surface area contributed by atoms with Crippen LogP contribution in [0.15, 0.2) is 16.0 Å². The van der Waals surface area contributed by atoms with Crippen LogP contribution in [0.1, 0.15) is 10.7 Å². The summed E-state index contributed by atoms with van der Waals surface area (Å²) in [5.41, 5.74) is 0.854. The fraction of sp³-hybridized carbons (Fsp3) is 0.250. The normalized spacial score (nSPS) is 10.6. The van der Waals surface area contributed by atoms with Crippen molar-refractivity contribution in [3.63, 3.8) is 0 Å². The number of thiazole rings is 1. The van der Waals surface area contributed by atoms with Gasteiger partial charge in [0.25, 0.3) is 0 Å². The molecule has 0 fully saturated rings. The summed E-state index contributed by atoms with van der Waals surface area (Å²) in [7, 11) is 0. The standard InChI is InChI=1S/C8H7BrN4O2S/c1-5-10-6(4-16-5)2-12-3-7(9)8(11-12)13(14)15/h3-4H,2H2,1H3. The van der Waals surface area contributed by atoms with Crippen LogP contribution in [0, 0.1) is 17.0 Å². The first-order chi connectivity index (χ1) is 7.56. The summed E-state index contributed by atoms with van der Waals surface area (Å²) in [5.74, 6) is -0.174. The maximum Gasteiger partial charge on any atom is 0.404 e. The van der Waals surface area contributed by atoms with Gasteiger partial charge in [0.15, 0.2) is 0 Å². The lowest BCUT2D eigenvalue weighted by atomic mass is 10.5. The largest absolute Gasteiger partial charge is 0.404 e. The molecule has 2 rings (SSSR count). The molecule has 0 bridgehead atoms. The number of aryl methyl sites for hydroxylation is 1. The van der Waals surface area contributed by atoms with Crippen molar-refractivity contribution in [3.05, 3.63) is 36.9 Å². The molecule has 2 aromatic heterocycles. The monoisotopic (exact) mass is 302 g/mol. The number of rotatable bonds is 3.